The number of likely N-dealkylation sites (tertiary alicyclic amines) is 1. The van der Waals surface area contributed by atoms with E-state index in [1.165, 1.54) is 23.0 Å². The summed E-state index contributed by atoms with van der Waals surface area (Å²) in [6, 6.07) is 20.6. The van der Waals surface area contributed by atoms with Gasteiger partial charge in [0.05, 0.1) is 36.0 Å². The van der Waals surface area contributed by atoms with Crippen molar-refractivity contribution in [3.8, 4) is 11.5 Å². The highest BCUT2D eigenvalue weighted by molar-refractivity contribution is 6.32. The highest BCUT2D eigenvalue weighted by atomic mass is 35.5. The Morgan fingerprint density at radius 3 is 2.40 bits per heavy atom. The number of carboxylic acids is 1. The molecule has 258 valence electrons. The second-order valence-electron chi connectivity index (χ2n) is 13.6. The van der Waals surface area contributed by atoms with Crippen LogP contribution in [0.5, 0.6) is 11.5 Å². The summed E-state index contributed by atoms with van der Waals surface area (Å²) in [7, 11) is 1.49. The SMILES string of the molecule is COc1ccc(C2C3=CCC4C(=O)N(CCCCCC(=O)O)C(=O)C4C3CC3C(=O)N(c4cccc(Cl)c4)C(=O)C32c2ccccc2)c(O)c1. The van der Waals surface area contributed by atoms with Gasteiger partial charge in [0.25, 0.3) is 0 Å². The van der Waals surface area contributed by atoms with Crippen LogP contribution < -0.4 is 9.64 Å². The van der Waals surface area contributed by atoms with Crippen LogP contribution in [0.4, 0.5) is 5.69 Å². The summed E-state index contributed by atoms with van der Waals surface area (Å²) >= 11 is 6.37. The predicted molar refractivity (Wildman–Crippen MR) is 184 cm³/mol. The van der Waals surface area contributed by atoms with Gasteiger partial charge in [0.1, 0.15) is 11.5 Å². The van der Waals surface area contributed by atoms with Gasteiger partial charge in [-0.25, -0.2) is 4.90 Å². The molecule has 2 N–H and O–H groups in total. The van der Waals surface area contributed by atoms with Crippen molar-refractivity contribution in [1.82, 2.24) is 4.90 Å². The Kier molecular flexibility index (Phi) is 8.76. The van der Waals surface area contributed by atoms with E-state index in [1.807, 2.05) is 36.4 Å². The molecule has 2 saturated heterocycles. The average Bonchev–Trinajstić information content (AvgIpc) is 3.49. The molecule has 6 unspecified atom stereocenters. The maximum atomic E-state index is 15.2. The molecule has 2 aliphatic heterocycles. The average molecular weight is 697 g/mol. The molecule has 2 aliphatic carbocycles. The molecule has 6 atom stereocenters. The lowest BCUT2D eigenvalue weighted by molar-refractivity contribution is -0.141. The number of unbranched alkanes of at least 4 members (excludes halogenated alkanes) is 2. The number of carbonyl (C=O) groups is 5. The Hall–Kier alpha value is -4.96. The molecule has 3 aromatic rings. The zero-order valence-electron chi connectivity index (χ0n) is 27.5. The standard InChI is InChI=1S/C39H37ClN2O8/c1-50-25-14-15-27(31(43)20-25)34-26-16-17-28-33(37(48)41(35(28)46)18-7-3-6-13-32(44)45)29(26)21-30-36(47)42(24-12-8-11-23(40)19-24)38(49)39(30,34)22-9-4-2-5-10-22/h2,4-5,8-12,14-16,19-20,28-30,33-34,43H,3,6-7,13,17-18,21H2,1H3,(H,44,45). The lowest BCUT2D eigenvalue weighted by atomic mass is 9.49. The number of phenolic OH excluding ortho intramolecular Hbond substituents is 1. The molecular formula is C39H37ClN2O8. The highest BCUT2D eigenvalue weighted by Gasteiger charge is 2.70. The molecule has 0 radical (unpaired) electrons. The number of aliphatic carboxylic acids is 1. The molecule has 7 rings (SSSR count). The number of allylic oxidation sites excluding steroid dienone is 2. The fourth-order valence-corrected chi connectivity index (χ4v) is 9.18. The number of anilines is 1. The number of hydrogen-bond acceptors (Lipinski definition) is 7. The molecule has 0 aromatic heterocycles. The third-order valence-corrected chi connectivity index (χ3v) is 11.3. The van der Waals surface area contributed by atoms with Crippen molar-refractivity contribution in [3.05, 3.63) is 101 Å². The minimum absolute atomic E-state index is 0.0194. The molecule has 10 nitrogen and oxygen atoms in total. The second-order valence-corrected chi connectivity index (χ2v) is 14.0. The van der Waals surface area contributed by atoms with E-state index >= 15 is 4.79 Å². The van der Waals surface area contributed by atoms with Crippen LogP contribution in [0, 0.1) is 23.7 Å². The number of phenols is 1. The Morgan fingerprint density at radius 1 is 0.920 bits per heavy atom. The summed E-state index contributed by atoms with van der Waals surface area (Å²) < 4.78 is 5.39. The Labute approximate surface area is 294 Å². The Bertz CT molecular complexity index is 1930. The van der Waals surface area contributed by atoms with Gasteiger partial charge in [0.2, 0.25) is 23.6 Å². The van der Waals surface area contributed by atoms with E-state index in [-0.39, 0.29) is 43.4 Å². The topological polar surface area (TPSA) is 142 Å². The van der Waals surface area contributed by atoms with Crippen LogP contribution in [-0.4, -0.2) is 58.4 Å². The molecule has 3 aromatic carbocycles. The lowest BCUT2D eigenvalue weighted by Gasteiger charge is -2.50. The number of halogens is 1. The first kappa shape index (κ1) is 33.5. The molecule has 4 aliphatic rings. The maximum Gasteiger partial charge on any atom is 0.303 e. The third kappa shape index (κ3) is 5.19. The number of carboxylic acid groups (broad SMARTS) is 1. The molecule has 0 spiro atoms. The monoisotopic (exact) mass is 696 g/mol. The van der Waals surface area contributed by atoms with Gasteiger partial charge in [-0.2, -0.15) is 0 Å². The molecule has 4 amide bonds. The van der Waals surface area contributed by atoms with Crippen LogP contribution in [0.25, 0.3) is 0 Å². The molecule has 50 heavy (non-hydrogen) atoms. The summed E-state index contributed by atoms with van der Waals surface area (Å²) in [5.41, 5.74) is 0.579. The lowest BCUT2D eigenvalue weighted by Crippen LogP contribution is -2.53. The van der Waals surface area contributed by atoms with Crippen LogP contribution in [0.2, 0.25) is 5.02 Å². The van der Waals surface area contributed by atoms with Crippen molar-refractivity contribution >= 4 is 46.9 Å². The number of carbonyl (C=O) groups excluding carboxylic acids is 4. The van der Waals surface area contributed by atoms with Crippen LogP contribution in [0.3, 0.4) is 0 Å². The summed E-state index contributed by atoms with van der Waals surface area (Å²) in [6.45, 7) is 0.187. The molecule has 1 saturated carbocycles. The van der Waals surface area contributed by atoms with Crippen LogP contribution in [0.15, 0.2) is 84.4 Å². The summed E-state index contributed by atoms with van der Waals surface area (Å²) in [5, 5.41) is 21.0. The van der Waals surface area contributed by atoms with Gasteiger partial charge < -0.3 is 14.9 Å². The number of ether oxygens (including phenoxy) is 1. The van der Waals surface area contributed by atoms with E-state index < -0.39 is 52.8 Å². The zero-order valence-corrected chi connectivity index (χ0v) is 28.2. The van der Waals surface area contributed by atoms with Crippen molar-refractivity contribution in [2.24, 2.45) is 23.7 Å². The molecular weight excluding hydrogens is 660 g/mol. The largest absolute Gasteiger partial charge is 0.508 e. The number of rotatable bonds is 10. The highest BCUT2D eigenvalue weighted by Crippen LogP contribution is 2.65. The first-order valence-corrected chi connectivity index (χ1v) is 17.3. The number of benzene rings is 3. The Balaban J connectivity index is 1.37. The molecule has 0 bridgehead atoms. The second kappa shape index (κ2) is 13.1. The van der Waals surface area contributed by atoms with Crippen molar-refractivity contribution in [1.29, 1.82) is 0 Å². The van der Waals surface area contributed by atoms with Gasteiger partial charge in [0, 0.05) is 35.5 Å². The number of imide groups is 2. The van der Waals surface area contributed by atoms with Gasteiger partial charge in [-0.3, -0.25) is 28.9 Å². The molecule has 11 heteroatoms. The number of hydrogen-bond donors (Lipinski definition) is 2. The van der Waals surface area contributed by atoms with Crippen molar-refractivity contribution < 1.29 is 38.9 Å². The summed E-state index contributed by atoms with van der Waals surface area (Å²) in [4.78, 5) is 71.5. The quantitative estimate of drug-likeness (QED) is 0.153. The summed E-state index contributed by atoms with van der Waals surface area (Å²) in [5.74, 6) is -5.84. The third-order valence-electron chi connectivity index (χ3n) is 11.1. The fourth-order valence-electron chi connectivity index (χ4n) is 8.99. The van der Waals surface area contributed by atoms with Crippen molar-refractivity contribution in [3.63, 3.8) is 0 Å². The van der Waals surface area contributed by atoms with E-state index in [9.17, 15) is 24.3 Å². The number of aromatic hydroxyl groups is 1. The van der Waals surface area contributed by atoms with Gasteiger partial charge in [0.15, 0.2) is 0 Å². The van der Waals surface area contributed by atoms with E-state index in [4.69, 9.17) is 21.4 Å². The Morgan fingerprint density at radius 2 is 1.70 bits per heavy atom. The van der Waals surface area contributed by atoms with Gasteiger partial charge >= 0.3 is 5.97 Å². The summed E-state index contributed by atoms with van der Waals surface area (Å²) in [6.07, 6.45) is 3.86. The number of fused-ring (bicyclic) bond motifs is 4. The minimum Gasteiger partial charge on any atom is -0.508 e. The van der Waals surface area contributed by atoms with Crippen molar-refractivity contribution in [2.75, 3.05) is 18.6 Å². The normalized spacial score (nSPS) is 27.2. The van der Waals surface area contributed by atoms with Gasteiger partial charge in [-0.05, 0) is 61.4 Å². The minimum atomic E-state index is -1.50. The first-order chi connectivity index (χ1) is 24.1. The number of amides is 4. The smallest absolute Gasteiger partial charge is 0.303 e. The molecule has 3 fully saturated rings. The first-order valence-electron chi connectivity index (χ1n) is 16.9. The van der Waals surface area contributed by atoms with E-state index in [0.29, 0.717) is 46.8 Å². The van der Waals surface area contributed by atoms with E-state index in [2.05, 4.69) is 0 Å². The van der Waals surface area contributed by atoms with Crippen molar-refractivity contribution in [2.45, 2.75) is 49.9 Å². The van der Waals surface area contributed by atoms with E-state index in [0.717, 1.165) is 5.57 Å². The number of methoxy groups -OCH3 is 1. The van der Waals surface area contributed by atoms with Gasteiger partial charge in [-0.1, -0.05) is 72.1 Å². The molecule has 2 heterocycles. The van der Waals surface area contributed by atoms with Crippen LogP contribution >= 0.6 is 11.6 Å². The van der Waals surface area contributed by atoms with Gasteiger partial charge in [-0.15, -0.1) is 0 Å². The maximum absolute atomic E-state index is 15.2. The predicted octanol–water partition coefficient (Wildman–Crippen LogP) is 5.86. The number of nitrogens with zero attached hydrogens (tertiary/aromatic N) is 2. The fraction of sp³-hybridized carbons (Fsp3) is 0.359. The van der Waals surface area contributed by atoms with Crippen LogP contribution in [0.1, 0.15) is 55.6 Å². The van der Waals surface area contributed by atoms with Crippen LogP contribution in [-0.2, 0) is 29.4 Å². The zero-order chi connectivity index (χ0) is 35.3. The van der Waals surface area contributed by atoms with E-state index in [1.54, 1.807) is 36.4 Å².